The summed E-state index contributed by atoms with van der Waals surface area (Å²) in [7, 11) is 0. The average molecular weight is 553 g/mol. The van der Waals surface area contributed by atoms with E-state index in [1.807, 2.05) is 103 Å². The van der Waals surface area contributed by atoms with Crippen molar-refractivity contribution in [2.45, 2.75) is 0 Å². The molecule has 5 aromatic carbocycles. The molecule has 0 saturated heterocycles. The fourth-order valence-electron chi connectivity index (χ4n) is 5.60. The summed E-state index contributed by atoms with van der Waals surface area (Å²) in [5, 5.41) is 2.05. The fourth-order valence-corrected chi connectivity index (χ4v) is 5.60. The Hall–Kier alpha value is -5.94. The Morgan fingerprint density at radius 1 is 0.395 bits per heavy atom. The molecule has 0 spiro atoms. The topological polar surface area (TPSA) is 64.7 Å². The van der Waals surface area contributed by atoms with Gasteiger partial charge >= 0.3 is 0 Å². The number of hydrogen-bond donors (Lipinski definition) is 0. The normalized spacial score (nSPS) is 11.3. The van der Waals surface area contributed by atoms with E-state index in [-0.39, 0.29) is 0 Å². The number of aromatic nitrogens is 4. The molecule has 0 radical (unpaired) electrons. The minimum Gasteiger partial charge on any atom is -0.455 e. The van der Waals surface area contributed by atoms with E-state index in [4.69, 9.17) is 19.4 Å². The number of pyridine rings is 1. The van der Waals surface area contributed by atoms with Gasteiger partial charge in [0.05, 0.1) is 5.56 Å². The number of para-hydroxylation sites is 1. The summed E-state index contributed by atoms with van der Waals surface area (Å²) < 4.78 is 6.53. The van der Waals surface area contributed by atoms with Gasteiger partial charge in [0.1, 0.15) is 11.2 Å². The van der Waals surface area contributed by atoms with Crippen LogP contribution in [0.1, 0.15) is 0 Å². The lowest BCUT2D eigenvalue weighted by atomic mass is 9.92. The molecular formula is C38H24N4O. The average Bonchev–Trinajstić information content (AvgIpc) is 3.47. The van der Waals surface area contributed by atoms with Gasteiger partial charge in [0.25, 0.3) is 0 Å². The Morgan fingerprint density at radius 3 is 1.63 bits per heavy atom. The molecule has 0 aliphatic heterocycles. The van der Waals surface area contributed by atoms with Gasteiger partial charge in [-0.25, -0.2) is 15.0 Å². The molecule has 202 valence electrons. The third-order valence-corrected chi connectivity index (χ3v) is 7.65. The lowest BCUT2D eigenvalue weighted by molar-refractivity contribution is 0.669. The van der Waals surface area contributed by atoms with Gasteiger partial charge in [0.2, 0.25) is 0 Å². The van der Waals surface area contributed by atoms with Crippen LogP contribution in [0.25, 0.3) is 78.4 Å². The predicted molar refractivity (Wildman–Crippen MR) is 172 cm³/mol. The second-order valence-corrected chi connectivity index (χ2v) is 10.3. The zero-order chi connectivity index (χ0) is 28.6. The third kappa shape index (κ3) is 4.53. The van der Waals surface area contributed by atoms with Crippen LogP contribution >= 0.6 is 0 Å². The van der Waals surface area contributed by atoms with Gasteiger partial charge in [-0.3, -0.25) is 4.98 Å². The van der Waals surface area contributed by atoms with Crippen LogP contribution < -0.4 is 0 Å². The Balaban J connectivity index is 1.43. The van der Waals surface area contributed by atoms with Crippen LogP contribution in [0.2, 0.25) is 0 Å². The van der Waals surface area contributed by atoms with E-state index in [0.29, 0.717) is 17.5 Å². The molecule has 0 unspecified atom stereocenters. The highest BCUT2D eigenvalue weighted by molar-refractivity contribution is 6.11. The van der Waals surface area contributed by atoms with Crippen molar-refractivity contribution in [2.24, 2.45) is 0 Å². The molecule has 0 bridgehead atoms. The molecule has 0 aliphatic rings. The standard InChI is InChI=1S/C38H24N4O/c1-3-11-26(12-4-1)36-40-37(27-13-5-2-6-14-27)42-38(41-36)33-24-28(23-32-31-17-9-10-18-34(31)43-35(32)33)30-16-8-7-15-29(30)25-19-21-39-22-20-25/h1-24H. The first kappa shape index (κ1) is 24.8. The fraction of sp³-hybridized carbons (Fsp3) is 0. The van der Waals surface area contributed by atoms with Crippen molar-refractivity contribution in [1.82, 2.24) is 19.9 Å². The molecule has 5 heteroatoms. The van der Waals surface area contributed by atoms with Crippen molar-refractivity contribution >= 4 is 21.9 Å². The summed E-state index contributed by atoms with van der Waals surface area (Å²) in [6.07, 6.45) is 3.65. The molecule has 0 aliphatic carbocycles. The predicted octanol–water partition coefficient (Wildman–Crippen LogP) is 9.50. The molecule has 8 aromatic rings. The van der Waals surface area contributed by atoms with Gasteiger partial charge in [-0.15, -0.1) is 0 Å². The van der Waals surface area contributed by atoms with Crippen molar-refractivity contribution in [3.05, 3.63) is 146 Å². The van der Waals surface area contributed by atoms with Crippen molar-refractivity contribution in [2.75, 3.05) is 0 Å². The van der Waals surface area contributed by atoms with Gasteiger partial charge in [-0.2, -0.15) is 0 Å². The van der Waals surface area contributed by atoms with Gasteiger partial charge in [0, 0.05) is 34.3 Å². The second kappa shape index (κ2) is 10.5. The van der Waals surface area contributed by atoms with Gasteiger partial charge in [0.15, 0.2) is 17.5 Å². The van der Waals surface area contributed by atoms with E-state index in [2.05, 4.69) is 47.4 Å². The van der Waals surface area contributed by atoms with Crippen LogP contribution in [0.15, 0.2) is 150 Å². The summed E-state index contributed by atoms with van der Waals surface area (Å²) in [4.78, 5) is 19.2. The van der Waals surface area contributed by atoms with Gasteiger partial charge in [-0.1, -0.05) is 103 Å². The lowest BCUT2D eigenvalue weighted by Gasteiger charge is -2.13. The van der Waals surface area contributed by atoms with Crippen molar-refractivity contribution in [3.63, 3.8) is 0 Å². The summed E-state index contributed by atoms with van der Waals surface area (Å²) in [5.41, 5.74) is 8.58. The highest BCUT2D eigenvalue weighted by Gasteiger charge is 2.20. The molecule has 0 N–H and O–H groups in total. The van der Waals surface area contributed by atoms with Crippen molar-refractivity contribution < 1.29 is 4.42 Å². The van der Waals surface area contributed by atoms with E-state index >= 15 is 0 Å². The van der Waals surface area contributed by atoms with E-state index in [1.54, 1.807) is 0 Å². The second-order valence-electron chi connectivity index (χ2n) is 10.3. The smallest absolute Gasteiger partial charge is 0.167 e. The Morgan fingerprint density at radius 2 is 0.953 bits per heavy atom. The van der Waals surface area contributed by atoms with Crippen LogP contribution in [0.3, 0.4) is 0 Å². The van der Waals surface area contributed by atoms with Crippen molar-refractivity contribution in [1.29, 1.82) is 0 Å². The molecule has 0 amide bonds. The third-order valence-electron chi connectivity index (χ3n) is 7.65. The lowest BCUT2D eigenvalue weighted by Crippen LogP contribution is -2.00. The first-order valence-corrected chi connectivity index (χ1v) is 14.1. The Labute approximate surface area is 248 Å². The van der Waals surface area contributed by atoms with E-state index < -0.39 is 0 Å². The molecule has 5 nitrogen and oxygen atoms in total. The zero-order valence-corrected chi connectivity index (χ0v) is 23.1. The number of rotatable bonds is 5. The highest BCUT2D eigenvalue weighted by atomic mass is 16.3. The van der Waals surface area contributed by atoms with Crippen molar-refractivity contribution in [3.8, 4) is 56.4 Å². The molecule has 0 fully saturated rings. The van der Waals surface area contributed by atoms with Gasteiger partial charge < -0.3 is 4.42 Å². The minimum absolute atomic E-state index is 0.556. The number of nitrogens with zero attached hydrogens (tertiary/aromatic N) is 4. The Kier molecular flexibility index (Phi) is 6.05. The molecule has 3 heterocycles. The van der Waals surface area contributed by atoms with Crippen LogP contribution in [0, 0.1) is 0 Å². The molecule has 8 rings (SSSR count). The zero-order valence-electron chi connectivity index (χ0n) is 23.1. The minimum atomic E-state index is 0.556. The van der Waals surface area contributed by atoms with E-state index in [1.165, 1.54) is 0 Å². The highest BCUT2D eigenvalue weighted by Crippen LogP contribution is 2.41. The van der Waals surface area contributed by atoms with E-state index in [0.717, 1.165) is 60.9 Å². The largest absolute Gasteiger partial charge is 0.455 e. The van der Waals surface area contributed by atoms with Crippen LogP contribution in [0.4, 0.5) is 0 Å². The SMILES string of the molecule is c1ccc(-c2nc(-c3ccccc3)nc(-c3cc(-c4ccccc4-c4ccncc4)cc4c3oc3ccccc34)n2)cc1. The number of benzene rings is 5. The maximum atomic E-state index is 6.53. The monoisotopic (exact) mass is 552 g/mol. The molecule has 3 aromatic heterocycles. The summed E-state index contributed by atoms with van der Waals surface area (Å²) in [5.74, 6) is 1.77. The van der Waals surface area contributed by atoms with Crippen LogP contribution in [0.5, 0.6) is 0 Å². The summed E-state index contributed by atoms with van der Waals surface area (Å²) in [6, 6.07) is 45.0. The summed E-state index contributed by atoms with van der Waals surface area (Å²) >= 11 is 0. The van der Waals surface area contributed by atoms with Crippen LogP contribution in [-0.2, 0) is 0 Å². The molecule has 43 heavy (non-hydrogen) atoms. The number of furan rings is 1. The molecule has 0 saturated carbocycles. The Bertz CT molecular complexity index is 2170. The van der Waals surface area contributed by atoms with Crippen LogP contribution in [-0.4, -0.2) is 19.9 Å². The number of hydrogen-bond acceptors (Lipinski definition) is 5. The number of fused-ring (bicyclic) bond motifs is 3. The van der Waals surface area contributed by atoms with Gasteiger partial charge in [-0.05, 0) is 52.6 Å². The first-order valence-electron chi connectivity index (χ1n) is 14.1. The maximum Gasteiger partial charge on any atom is 0.167 e. The maximum absolute atomic E-state index is 6.53. The first-order chi connectivity index (χ1) is 21.3. The quantitative estimate of drug-likeness (QED) is 0.213. The van der Waals surface area contributed by atoms with E-state index in [9.17, 15) is 0 Å². The summed E-state index contributed by atoms with van der Waals surface area (Å²) in [6.45, 7) is 0. The molecular weight excluding hydrogens is 528 g/mol. The molecule has 0 atom stereocenters.